The van der Waals surface area contributed by atoms with E-state index >= 15 is 0 Å². The molecule has 0 saturated heterocycles. The second-order valence-corrected chi connectivity index (χ2v) is 5.34. The first-order valence-corrected chi connectivity index (χ1v) is 6.86. The Hall–Kier alpha value is -1.03. The Labute approximate surface area is 114 Å². The lowest BCUT2D eigenvalue weighted by molar-refractivity contribution is 0.232. The molecule has 1 unspecified atom stereocenters. The molecule has 18 heavy (non-hydrogen) atoms. The summed E-state index contributed by atoms with van der Waals surface area (Å²) in [6.45, 7) is 8.29. The Kier molecular flexibility index (Phi) is 6.19. The standard InChI is InChI=1S/C13H22ClN3O/c1-9(2)5-11(7-14)17-12-6-13(16-8-15-12)18-10(3)4/h6,8-11H,5,7H2,1-4H3,(H,15,16,17). The van der Waals surface area contributed by atoms with E-state index in [-0.39, 0.29) is 12.1 Å². The van der Waals surface area contributed by atoms with E-state index in [4.69, 9.17) is 16.3 Å². The minimum Gasteiger partial charge on any atom is -0.475 e. The molecule has 0 saturated carbocycles. The van der Waals surface area contributed by atoms with Crippen molar-refractivity contribution in [3.05, 3.63) is 12.4 Å². The van der Waals surface area contributed by atoms with Crippen molar-refractivity contribution in [2.75, 3.05) is 11.2 Å². The number of rotatable bonds is 7. The number of aromatic nitrogens is 2. The topological polar surface area (TPSA) is 47.0 Å². The molecule has 0 aliphatic carbocycles. The van der Waals surface area contributed by atoms with Crippen LogP contribution in [0.3, 0.4) is 0 Å². The zero-order valence-electron chi connectivity index (χ0n) is 11.5. The smallest absolute Gasteiger partial charge is 0.218 e. The van der Waals surface area contributed by atoms with Crippen LogP contribution in [0.25, 0.3) is 0 Å². The second kappa shape index (κ2) is 7.41. The normalized spacial score (nSPS) is 12.8. The number of halogens is 1. The fraction of sp³-hybridized carbons (Fsp3) is 0.692. The van der Waals surface area contributed by atoms with Crippen molar-refractivity contribution in [1.82, 2.24) is 9.97 Å². The summed E-state index contributed by atoms with van der Waals surface area (Å²) in [6, 6.07) is 2.02. The van der Waals surface area contributed by atoms with E-state index in [1.165, 1.54) is 6.33 Å². The number of nitrogens with one attached hydrogen (secondary N) is 1. The van der Waals surface area contributed by atoms with Gasteiger partial charge in [0.05, 0.1) is 6.10 Å². The maximum atomic E-state index is 5.95. The van der Waals surface area contributed by atoms with Crippen molar-refractivity contribution in [2.45, 2.75) is 46.3 Å². The van der Waals surface area contributed by atoms with Crippen molar-refractivity contribution in [3.8, 4) is 5.88 Å². The quantitative estimate of drug-likeness (QED) is 0.773. The van der Waals surface area contributed by atoms with Gasteiger partial charge in [-0.15, -0.1) is 11.6 Å². The predicted molar refractivity (Wildman–Crippen MR) is 75.4 cm³/mol. The first-order chi connectivity index (χ1) is 8.51. The van der Waals surface area contributed by atoms with Gasteiger partial charge < -0.3 is 10.1 Å². The van der Waals surface area contributed by atoms with Crippen molar-refractivity contribution in [2.24, 2.45) is 5.92 Å². The van der Waals surface area contributed by atoms with E-state index < -0.39 is 0 Å². The van der Waals surface area contributed by atoms with E-state index in [9.17, 15) is 0 Å². The van der Waals surface area contributed by atoms with Crippen molar-refractivity contribution in [3.63, 3.8) is 0 Å². The number of hydrogen-bond donors (Lipinski definition) is 1. The molecule has 102 valence electrons. The molecular weight excluding hydrogens is 250 g/mol. The molecule has 0 amide bonds. The van der Waals surface area contributed by atoms with Crippen LogP contribution in [0.4, 0.5) is 5.82 Å². The summed E-state index contributed by atoms with van der Waals surface area (Å²) in [6.07, 6.45) is 2.61. The molecule has 1 aromatic rings. The van der Waals surface area contributed by atoms with Crippen LogP contribution < -0.4 is 10.1 Å². The summed E-state index contributed by atoms with van der Waals surface area (Å²) in [5, 5.41) is 3.31. The van der Waals surface area contributed by atoms with E-state index in [2.05, 4.69) is 29.1 Å². The Bertz CT molecular complexity index is 358. The molecule has 4 nitrogen and oxygen atoms in total. The van der Waals surface area contributed by atoms with Gasteiger partial charge in [-0.25, -0.2) is 9.97 Å². The van der Waals surface area contributed by atoms with Gasteiger partial charge in [0.15, 0.2) is 0 Å². The summed E-state index contributed by atoms with van der Waals surface area (Å²) in [5.74, 6) is 2.49. The molecule has 1 aromatic heterocycles. The molecule has 0 aliphatic heterocycles. The lowest BCUT2D eigenvalue weighted by atomic mass is 10.1. The fourth-order valence-electron chi connectivity index (χ4n) is 1.66. The third-order valence-electron chi connectivity index (χ3n) is 2.29. The summed E-state index contributed by atoms with van der Waals surface area (Å²) in [7, 11) is 0. The van der Waals surface area contributed by atoms with Gasteiger partial charge in [-0.2, -0.15) is 0 Å². The molecule has 1 N–H and O–H groups in total. The molecule has 5 heteroatoms. The lowest BCUT2D eigenvalue weighted by Crippen LogP contribution is -2.24. The highest BCUT2D eigenvalue weighted by molar-refractivity contribution is 6.18. The van der Waals surface area contributed by atoms with E-state index in [1.54, 1.807) is 6.07 Å². The van der Waals surface area contributed by atoms with Gasteiger partial charge in [-0.3, -0.25) is 0 Å². The van der Waals surface area contributed by atoms with Crippen LogP contribution in [-0.2, 0) is 0 Å². The first kappa shape index (κ1) is 15.0. The average Bonchev–Trinajstić information content (AvgIpc) is 2.27. The van der Waals surface area contributed by atoms with Crippen molar-refractivity contribution in [1.29, 1.82) is 0 Å². The summed E-state index contributed by atoms with van der Waals surface area (Å²) in [5.41, 5.74) is 0. The number of ether oxygens (including phenoxy) is 1. The minimum absolute atomic E-state index is 0.104. The van der Waals surface area contributed by atoms with Gasteiger partial charge >= 0.3 is 0 Å². The van der Waals surface area contributed by atoms with Crippen molar-refractivity contribution >= 4 is 17.4 Å². The Morgan fingerprint density at radius 1 is 1.28 bits per heavy atom. The molecular formula is C13H22ClN3O. The molecule has 1 rings (SSSR count). The van der Waals surface area contributed by atoms with Gasteiger partial charge in [0.1, 0.15) is 12.1 Å². The van der Waals surface area contributed by atoms with Gasteiger partial charge in [0, 0.05) is 18.0 Å². The number of anilines is 1. The van der Waals surface area contributed by atoms with Crippen LogP contribution in [0.5, 0.6) is 5.88 Å². The van der Waals surface area contributed by atoms with Crippen molar-refractivity contribution < 1.29 is 4.74 Å². The Morgan fingerprint density at radius 3 is 2.56 bits per heavy atom. The number of nitrogens with zero attached hydrogens (tertiary/aromatic N) is 2. The monoisotopic (exact) mass is 271 g/mol. The lowest BCUT2D eigenvalue weighted by Gasteiger charge is -2.19. The third kappa shape index (κ3) is 5.54. The van der Waals surface area contributed by atoms with Gasteiger partial charge in [0.25, 0.3) is 0 Å². The first-order valence-electron chi connectivity index (χ1n) is 6.32. The SMILES string of the molecule is CC(C)CC(CCl)Nc1cc(OC(C)C)ncn1. The van der Waals surface area contributed by atoms with Crippen LogP contribution in [0.2, 0.25) is 0 Å². The molecule has 0 bridgehead atoms. The highest BCUT2D eigenvalue weighted by Gasteiger charge is 2.11. The molecule has 0 fully saturated rings. The summed E-state index contributed by atoms with van der Waals surface area (Å²) < 4.78 is 5.53. The van der Waals surface area contributed by atoms with Crippen LogP contribution in [-0.4, -0.2) is 28.0 Å². The largest absolute Gasteiger partial charge is 0.475 e. The summed E-state index contributed by atoms with van der Waals surface area (Å²) in [4.78, 5) is 8.25. The van der Waals surface area contributed by atoms with Gasteiger partial charge in [-0.05, 0) is 26.2 Å². The molecule has 0 aliphatic rings. The minimum atomic E-state index is 0.104. The number of alkyl halides is 1. The highest BCUT2D eigenvalue weighted by Crippen LogP contribution is 2.16. The number of hydrogen-bond acceptors (Lipinski definition) is 4. The highest BCUT2D eigenvalue weighted by atomic mass is 35.5. The molecule has 0 aromatic carbocycles. The zero-order chi connectivity index (χ0) is 13.5. The van der Waals surface area contributed by atoms with Crippen LogP contribution >= 0.6 is 11.6 Å². The molecule has 0 radical (unpaired) electrons. The molecule has 1 heterocycles. The fourth-order valence-corrected chi connectivity index (χ4v) is 1.87. The zero-order valence-corrected chi connectivity index (χ0v) is 12.2. The van der Waals surface area contributed by atoms with Crippen LogP contribution in [0.1, 0.15) is 34.1 Å². The van der Waals surface area contributed by atoms with Crippen LogP contribution in [0.15, 0.2) is 12.4 Å². The maximum absolute atomic E-state index is 5.95. The van der Waals surface area contributed by atoms with Gasteiger partial charge in [-0.1, -0.05) is 13.8 Å². The Morgan fingerprint density at radius 2 is 2.00 bits per heavy atom. The maximum Gasteiger partial charge on any atom is 0.218 e. The van der Waals surface area contributed by atoms with E-state index in [1.807, 2.05) is 13.8 Å². The summed E-state index contributed by atoms with van der Waals surface area (Å²) >= 11 is 5.95. The predicted octanol–water partition coefficient (Wildman–Crippen LogP) is 3.33. The van der Waals surface area contributed by atoms with Gasteiger partial charge in [0.2, 0.25) is 5.88 Å². The van der Waals surface area contributed by atoms with Crippen LogP contribution in [0, 0.1) is 5.92 Å². The Balaban J connectivity index is 2.65. The molecule has 0 spiro atoms. The van der Waals surface area contributed by atoms with E-state index in [0.29, 0.717) is 17.7 Å². The average molecular weight is 272 g/mol. The molecule has 1 atom stereocenters. The third-order valence-corrected chi connectivity index (χ3v) is 2.67. The van der Waals surface area contributed by atoms with E-state index in [0.717, 1.165) is 12.2 Å². The second-order valence-electron chi connectivity index (χ2n) is 5.03.